The van der Waals surface area contributed by atoms with Crippen molar-refractivity contribution < 1.29 is 4.52 Å². The van der Waals surface area contributed by atoms with Gasteiger partial charge in [0.25, 0.3) is 0 Å². The third-order valence-corrected chi connectivity index (χ3v) is 3.22. The largest absolute Gasteiger partial charge is 0.357 e. The van der Waals surface area contributed by atoms with Crippen molar-refractivity contribution in [3.8, 4) is 0 Å². The van der Waals surface area contributed by atoms with Crippen molar-refractivity contribution in [2.24, 2.45) is 4.99 Å². The predicted octanol–water partition coefficient (Wildman–Crippen LogP) is 2.63. The average Bonchev–Trinajstić information content (AvgIpc) is 2.91. The molecule has 0 aliphatic carbocycles. The van der Waals surface area contributed by atoms with E-state index in [4.69, 9.17) is 16.1 Å². The van der Waals surface area contributed by atoms with Crippen LogP contribution in [0.15, 0.2) is 33.8 Å². The first-order valence-electron chi connectivity index (χ1n) is 7.11. The van der Waals surface area contributed by atoms with Crippen molar-refractivity contribution in [3.63, 3.8) is 0 Å². The molecule has 1 aromatic heterocycles. The molecule has 0 fully saturated rings. The number of aromatic nitrogens is 2. The van der Waals surface area contributed by atoms with Crippen LogP contribution in [0, 0.1) is 6.92 Å². The highest BCUT2D eigenvalue weighted by Gasteiger charge is 2.08. The lowest BCUT2D eigenvalue weighted by Gasteiger charge is -2.22. The van der Waals surface area contributed by atoms with Crippen molar-refractivity contribution in [2.45, 2.75) is 26.9 Å². The summed E-state index contributed by atoms with van der Waals surface area (Å²) in [5, 5.41) is 7.75. The summed E-state index contributed by atoms with van der Waals surface area (Å²) in [6.07, 6.45) is 0. The van der Waals surface area contributed by atoms with E-state index >= 15 is 0 Å². The second-order valence-electron chi connectivity index (χ2n) is 4.89. The quantitative estimate of drug-likeness (QED) is 0.677. The molecular formula is C15H20ClN5O. The fraction of sp³-hybridized carbons (Fsp3) is 0.400. The number of nitrogens with one attached hydrogen (secondary N) is 1. The molecule has 0 aliphatic rings. The number of guanidine groups is 1. The van der Waals surface area contributed by atoms with Gasteiger partial charge in [-0.3, -0.25) is 0 Å². The summed E-state index contributed by atoms with van der Waals surface area (Å²) in [5.74, 6) is 1.91. The smallest absolute Gasteiger partial charge is 0.248 e. The van der Waals surface area contributed by atoms with Gasteiger partial charge in [-0.05, 0) is 31.5 Å². The fourth-order valence-corrected chi connectivity index (χ4v) is 2.08. The van der Waals surface area contributed by atoms with Crippen LogP contribution in [-0.4, -0.2) is 34.6 Å². The molecule has 2 rings (SSSR count). The van der Waals surface area contributed by atoms with E-state index in [2.05, 4.69) is 20.4 Å². The first kappa shape index (κ1) is 16.3. The number of rotatable bonds is 5. The summed E-state index contributed by atoms with van der Waals surface area (Å²) in [5.41, 5.74) is 1.16. The molecule has 0 saturated carbocycles. The molecule has 0 atom stereocenters. The van der Waals surface area contributed by atoms with E-state index in [1.165, 1.54) is 0 Å². The van der Waals surface area contributed by atoms with Crippen LogP contribution < -0.4 is 5.32 Å². The topological polar surface area (TPSA) is 66.5 Å². The van der Waals surface area contributed by atoms with E-state index < -0.39 is 0 Å². The Kier molecular flexibility index (Phi) is 5.77. The van der Waals surface area contributed by atoms with Crippen LogP contribution >= 0.6 is 11.6 Å². The maximum atomic E-state index is 5.91. The lowest BCUT2D eigenvalue weighted by Crippen LogP contribution is -2.38. The van der Waals surface area contributed by atoms with Gasteiger partial charge < -0.3 is 14.7 Å². The zero-order valence-corrected chi connectivity index (χ0v) is 13.8. The zero-order valence-electron chi connectivity index (χ0n) is 13.0. The predicted molar refractivity (Wildman–Crippen MR) is 86.8 cm³/mol. The minimum absolute atomic E-state index is 0.355. The average molecular weight is 322 g/mol. The molecule has 22 heavy (non-hydrogen) atoms. The molecule has 0 spiro atoms. The summed E-state index contributed by atoms with van der Waals surface area (Å²) in [7, 11) is 1.98. The van der Waals surface area contributed by atoms with Crippen LogP contribution in [0.2, 0.25) is 5.02 Å². The Bertz CT molecular complexity index is 623. The Balaban J connectivity index is 2.03. The Labute approximate surface area is 135 Å². The van der Waals surface area contributed by atoms with Gasteiger partial charge in [-0.2, -0.15) is 4.98 Å². The summed E-state index contributed by atoms with van der Waals surface area (Å²) >= 11 is 5.91. The van der Waals surface area contributed by atoms with Gasteiger partial charge in [0.2, 0.25) is 5.89 Å². The van der Waals surface area contributed by atoms with Crippen LogP contribution in [0.25, 0.3) is 0 Å². The summed E-state index contributed by atoms with van der Waals surface area (Å²) in [6, 6.07) is 7.78. The third-order valence-electron chi connectivity index (χ3n) is 2.96. The minimum Gasteiger partial charge on any atom is -0.357 e. The van der Waals surface area contributed by atoms with Gasteiger partial charge in [0.05, 0.1) is 0 Å². The minimum atomic E-state index is 0.355. The molecule has 0 aliphatic heterocycles. The first-order valence-corrected chi connectivity index (χ1v) is 7.49. The number of hydrogen-bond donors (Lipinski definition) is 1. The van der Waals surface area contributed by atoms with E-state index in [1.807, 2.05) is 43.1 Å². The monoisotopic (exact) mass is 321 g/mol. The number of halogens is 1. The van der Waals surface area contributed by atoms with Crippen LogP contribution in [-0.2, 0) is 13.1 Å². The lowest BCUT2D eigenvalue weighted by atomic mass is 10.2. The molecule has 1 aromatic carbocycles. The zero-order chi connectivity index (χ0) is 15.9. The summed E-state index contributed by atoms with van der Waals surface area (Å²) < 4.78 is 5.07. The second-order valence-corrected chi connectivity index (χ2v) is 5.32. The maximum absolute atomic E-state index is 5.91. The molecule has 0 saturated heterocycles. The number of aryl methyl sites for hydroxylation is 1. The van der Waals surface area contributed by atoms with Gasteiger partial charge in [-0.15, -0.1) is 0 Å². The number of aliphatic imine (C=N–C) groups is 1. The van der Waals surface area contributed by atoms with Gasteiger partial charge >= 0.3 is 0 Å². The molecular weight excluding hydrogens is 302 g/mol. The van der Waals surface area contributed by atoms with Crippen LogP contribution in [0.4, 0.5) is 0 Å². The SMILES string of the molecule is CCNC(=NCc1nc(C)no1)N(C)Cc1ccc(Cl)cc1. The fourth-order valence-electron chi connectivity index (χ4n) is 1.96. The van der Waals surface area contributed by atoms with E-state index in [-0.39, 0.29) is 0 Å². The highest BCUT2D eigenvalue weighted by molar-refractivity contribution is 6.30. The van der Waals surface area contributed by atoms with Gasteiger partial charge in [0.1, 0.15) is 6.54 Å². The number of hydrogen-bond acceptors (Lipinski definition) is 4. The van der Waals surface area contributed by atoms with Crippen molar-refractivity contribution in [3.05, 3.63) is 46.6 Å². The van der Waals surface area contributed by atoms with Crippen LogP contribution in [0.3, 0.4) is 0 Å². The maximum Gasteiger partial charge on any atom is 0.248 e. The van der Waals surface area contributed by atoms with Gasteiger partial charge in [0, 0.05) is 25.2 Å². The highest BCUT2D eigenvalue weighted by atomic mass is 35.5. The van der Waals surface area contributed by atoms with E-state index in [0.717, 1.165) is 29.6 Å². The van der Waals surface area contributed by atoms with Crippen molar-refractivity contribution in [1.29, 1.82) is 0 Å². The Morgan fingerprint density at radius 1 is 1.36 bits per heavy atom. The molecule has 0 radical (unpaired) electrons. The highest BCUT2D eigenvalue weighted by Crippen LogP contribution is 2.11. The van der Waals surface area contributed by atoms with E-state index in [9.17, 15) is 0 Å². The molecule has 6 nitrogen and oxygen atoms in total. The Morgan fingerprint density at radius 3 is 2.68 bits per heavy atom. The van der Waals surface area contributed by atoms with E-state index in [1.54, 1.807) is 6.92 Å². The normalized spacial score (nSPS) is 11.5. The first-order chi connectivity index (χ1) is 10.6. The third kappa shape index (κ3) is 4.73. The summed E-state index contributed by atoms with van der Waals surface area (Å²) in [6.45, 7) is 5.68. The number of nitrogens with zero attached hydrogens (tertiary/aromatic N) is 4. The van der Waals surface area contributed by atoms with Crippen molar-refractivity contribution in [1.82, 2.24) is 20.4 Å². The molecule has 1 N–H and O–H groups in total. The molecule has 0 unspecified atom stereocenters. The van der Waals surface area contributed by atoms with Crippen molar-refractivity contribution in [2.75, 3.05) is 13.6 Å². The molecule has 1 heterocycles. The lowest BCUT2D eigenvalue weighted by molar-refractivity contribution is 0.375. The van der Waals surface area contributed by atoms with Crippen LogP contribution in [0.1, 0.15) is 24.2 Å². The Morgan fingerprint density at radius 2 is 2.09 bits per heavy atom. The standard InChI is InChI=1S/C15H20ClN5O/c1-4-17-15(18-9-14-19-11(2)20-22-14)21(3)10-12-5-7-13(16)8-6-12/h5-8H,4,9-10H2,1-3H3,(H,17,18). The van der Waals surface area contributed by atoms with Gasteiger partial charge in [0.15, 0.2) is 11.8 Å². The number of benzene rings is 1. The molecule has 0 bridgehead atoms. The molecule has 118 valence electrons. The summed E-state index contributed by atoms with van der Waals surface area (Å²) in [4.78, 5) is 10.7. The van der Waals surface area contributed by atoms with Gasteiger partial charge in [-0.1, -0.05) is 28.9 Å². The Hall–Kier alpha value is -2.08. The molecule has 2 aromatic rings. The van der Waals surface area contributed by atoms with E-state index in [0.29, 0.717) is 18.3 Å². The molecule has 0 amide bonds. The second kappa shape index (κ2) is 7.79. The van der Waals surface area contributed by atoms with Crippen molar-refractivity contribution >= 4 is 17.6 Å². The van der Waals surface area contributed by atoms with Gasteiger partial charge in [-0.25, -0.2) is 4.99 Å². The van der Waals surface area contributed by atoms with Crippen LogP contribution in [0.5, 0.6) is 0 Å². The molecule has 7 heteroatoms.